The number of anilines is 2. The Balaban J connectivity index is 1.65. The van der Waals surface area contributed by atoms with Crippen LogP contribution in [0.15, 0.2) is 63.3 Å². The van der Waals surface area contributed by atoms with Crippen molar-refractivity contribution in [2.24, 2.45) is 0 Å². The van der Waals surface area contributed by atoms with Gasteiger partial charge in [-0.25, -0.2) is 13.4 Å². The van der Waals surface area contributed by atoms with E-state index < -0.39 is 10.0 Å². The minimum Gasteiger partial charge on any atom is -0.325 e. The Morgan fingerprint density at radius 3 is 2.63 bits per heavy atom. The van der Waals surface area contributed by atoms with Gasteiger partial charge in [-0.05, 0) is 52.7 Å². The number of benzene rings is 2. The van der Waals surface area contributed by atoms with Gasteiger partial charge in [0.25, 0.3) is 10.0 Å². The predicted molar refractivity (Wildman–Crippen MR) is 111 cm³/mol. The van der Waals surface area contributed by atoms with Crippen molar-refractivity contribution in [3.63, 3.8) is 0 Å². The molecule has 0 aliphatic carbocycles. The van der Waals surface area contributed by atoms with E-state index in [2.05, 4.69) is 31.0 Å². The summed E-state index contributed by atoms with van der Waals surface area (Å²) in [5, 5.41) is 4.69. The third-order valence-corrected chi connectivity index (χ3v) is 6.51. The second-order valence-electron chi connectivity index (χ2n) is 5.77. The number of rotatable bonds is 6. The Morgan fingerprint density at radius 1 is 1.19 bits per heavy atom. The number of thiazole rings is 1. The van der Waals surface area contributed by atoms with Crippen molar-refractivity contribution < 1.29 is 13.2 Å². The molecule has 2 N–H and O–H groups in total. The van der Waals surface area contributed by atoms with Gasteiger partial charge in [-0.3, -0.25) is 9.52 Å². The Bertz CT molecular complexity index is 1070. The normalized spacial score (nSPS) is 11.2. The van der Waals surface area contributed by atoms with Crippen molar-refractivity contribution in [2.75, 3.05) is 10.0 Å². The van der Waals surface area contributed by atoms with E-state index in [9.17, 15) is 13.2 Å². The third kappa shape index (κ3) is 5.15. The molecule has 0 radical (unpaired) electrons. The van der Waals surface area contributed by atoms with Crippen LogP contribution in [0.4, 0.5) is 10.8 Å². The largest absolute Gasteiger partial charge is 0.325 e. The minimum absolute atomic E-state index is 0.0455. The molecule has 3 aromatic rings. The fourth-order valence-corrected chi connectivity index (χ4v) is 4.87. The molecule has 2 aromatic carbocycles. The molecule has 0 fully saturated rings. The van der Waals surface area contributed by atoms with Crippen molar-refractivity contribution >= 4 is 54.0 Å². The monoisotopic (exact) mass is 465 g/mol. The van der Waals surface area contributed by atoms with E-state index in [0.29, 0.717) is 11.4 Å². The van der Waals surface area contributed by atoms with E-state index in [1.165, 1.54) is 12.1 Å². The molecule has 1 aromatic heterocycles. The summed E-state index contributed by atoms with van der Waals surface area (Å²) < 4.78 is 27.9. The number of sulfonamides is 1. The van der Waals surface area contributed by atoms with Gasteiger partial charge in [0.1, 0.15) is 0 Å². The number of amides is 1. The van der Waals surface area contributed by atoms with Crippen LogP contribution < -0.4 is 10.0 Å². The molecule has 0 saturated heterocycles. The number of halogens is 1. The van der Waals surface area contributed by atoms with Crippen LogP contribution in [0.25, 0.3) is 0 Å². The minimum atomic E-state index is -3.70. The summed E-state index contributed by atoms with van der Waals surface area (Å²) in [6.45, 7) is 1.96. The highest BCUT2D eigenvalue weighted by atomic mass is 79.9. The number of hydrogen-bond acceptors (Lipinski definition) is 5. The van der Waals surface area contributed by atoms with Gasteiger partial charge >= 0.3 is 0 Å². The Kier molecular flexibility index (Phi) is 5.93. The van der Waals surface area contributed by atoms with Crippen molar-refractivity contribution in [1.82, 2.24) is 4.98 Å². The van der Waals surface area contributed by atoms with Gasteiger partial charge in [0.05, 0.1) is 22.7 Å². The summed E-state index contributed by atoms with van der Waals surface area (Å²) in [5.74, 6) is -0.234. The second kappa shape index (κ2) is 8.20. The lowest BCUT2D eigenvalue weighted by molar-refractivity contribution is -0.115. The summed E-state index contributed by atoms with van der Waals surface area (Å²) in [4.78, 5) is 16.6. The highest BCUT2D eigenvalue weighted by Gasteiger charge is 2.16. The van der Waals surface area contributed by atoms with E-state index in [1.54, 1.807) is 23.6 Å². The molecule has 9 heteroatoms. The van der Waals surface area contributed by atoms with E-state index in [-0.39, 0.29) is 22.4 Å². The lowest BCUT2D eigenvalue weighted by Crippen LogP contribution is -2.15. The average molecular weight is 466 g/mol. The molecule has 0 aliphatic heterocycles. The standard InChI is InChI=1S/C18H16BrN3O3S2/c1-12-7-8-16(15(19)9-12)21-17(23)10-13-11-26-18(20-13)22-27(24,25)14-5-3-2-4-6-14/h2-9,11H,10H2,1H3,(H,20,22)(H,21,23). The van der Waals surface area contributed by atoms with Crippen molar-refractivity contribution in [2.45, 2.75) is 18.2 Å². The van der Waals surface area contributed by atoms with Crippen LogP contribution in [0, 0.1) is 6.92 Å². The second-order valence-corrected chi connectivity index (χ2v) is 9.17. The first-order valence-corrected chi connectivity index (χ1v) is 11.1. The fourth-order valence-electron chi connectivity index (χ4n) is 2.29. The van der Waals surface area contributed by atoms with Crippen LogP contribution in [0.3, 0.4) is 0 Å². The molecule has 3 rings (SSSR count). The molecular formula is C18H16BrN3O3S2. The first kappa shape index (κ1) is 19.5. The molecule has 6 nitrogen and oxygen atoms in total. The van der Waals surface area contributed by atoms with Gasteiger partial charge < -0.3 is 5.32 Å². The van der Waals surface area contributed by atoms with Crippen molar-refractivity contribution in [3.8, 4) is 0 Å². The van der Waals surface area contributed by atoms with E-state index in [1.807, 2.05) is 25.1 Å². The molecule has 1 amide bonds. The zero-order valence-electron chi connectivity index (χ0n) is 14.3. The fraction of sp³-hybridized carbons (Fsp3) is 0.111. The zero-order chi connectivity index (χ0) is 19.4. The van der Waals surface area contributed by atoms with E-state index in [0.717, 1.165) is 21.4 Å². The summed E-state index contributed by atoms with van der Waals surface area (Å²) in [7, 11) is -3.70. The van der Waals surface area contributed by atoms with Gasteiger partial charge in [-0.1, -0.05) is 24.3 Å². The molecule has 0 bridgehead atoms. The van der Waals surface area contributed by atoms with E-state index in [4.69, 9.17) is 0 Å². The maximum Gasteiger partial charge on any atom is 0.263 e. The molecule has 0 unspecified atom stereocenters. The number of hydrogen-bond donors (Lipinski definition) is 2. The summed E-state index contributed by atoms with van der Waals surface area (Å²) in [6.07, 6.45) is 0.0455. The van der Waals surface area contributed by atoms with Crippen LogP contribution in [-0.2, 0) is 21.2 Å². The van der Waals surface area contributed by atoms with Crippen molar-refractivity contribution in [3.05, 3.63) is 69.6 Å². The van der Waals surface area contributed by atoms with Crippen molar-refractivity contribution in [1.29, 1.82) is 0 Å². The molecular weight excluding hydrogens is 450 g/mol. The smallest absolute Gasteiger partial charge is 0.263 e. The van der Waals surface area contributed by atoms with Crippen LogP contribution in [-0.4, -0.2) is 19.3 Å². The number of nitrogens with zero attached hydrogens (tertiary/aromatic N) is 1. The lowest BCUT2D eigenvalue weighted by atomic mass is 10.2. The molecule has 1 heterocycles. The Labute approximate surface area is 169 Å². The molecule has 0 spiro atoms. The molecule has 140 valence electrons. The number of nitrogens with one attached hydrogen (secondary N) is 2. The summed E-state index contributed by atoms with van der Waals surface area (Å²) in [5.41, 5.74) is 2.24. The van der Waals surface area contributed by atoms with Gasteiger partial charge in [-0.15, -0.1) is 11.3 Å². The number of carbonyl (C=O) groups is 1. The lowest BCUT2D eigenvalue weighted by Gasteiger charge is -2.07. The predicted octanol–water partition coefficient (Wildman–Crippen LogP) is 4.20. The molecule has 0 atom stereocenters. The Hall–Kier alpha value is -2.23. The number of aromatic nitrogens is 1. The average Bonchev–Trinajstić information content (AvgIpc) is 3.04. The Morgan fingerprint density at radius 2 is 1.93 bits per heavy atom. The van der Waals surface area contributed by atoms with Crippen LogP contribution in [0.1, 0.15) is 11.3 Å². The van der Waals surface area contributed by atoms with Gasteiger partial charge in [0.2, 0.25) is 5.91 Å². The summed E-state index contributed by atoms with van der Waals surface area (Å²) in [6, 6.07) is 13.7. The molecule has 27 heavy (non-hydrogen) atoms. The highest BCUT2D eigenvalue weighted by molar-refractivity contribution is 9.10. The van der Waals surface area contributed by atoms with Gasteiger partial charge in [0, 0.05) is 9.85 Å². The zero-order valence-corrected chi connectivity index (χ0v) is 17.5. The SMILES string of the molecule is Cc1ccc(NC(=O)Cc2csc(NS(=O)(=O)c3ccccc3)n2)c(Br)c1. The first-order chi connectivity index (χ1) is 12.8. The quantitative estimate of drug-likeness (QED) is 0.570. The number of carbonyl (C=O) groups excluding carboxylic acids is 1. The van der Waals surface area contributed by atoms with Crippen LogP contribution >= 0.6 is 27.3 Å². The molecule has 0 saturated carbocycles. The number of aryl methyl sites for hydroxylation is 1. The highest BCUT2D eigenvalue weighted by Crippen LogP contribution is 2.24. The van der Waals surface area contributed by atoms with Crippen LogP contribution in [0.2, 0.25) is 0 Å². The maximum absolute atomic E-state index is 12.3. The first-order valence-electron chi connectivity index (χ1n) is 7.92. The van der Waals surface area contributed by atoms with Crippen LogP contribution in [0.5, 0.6) is 0 Å². The topological polar surface area (TPSA) is 88.2 Å². The molecule has 0 aliphatic rings. The van der Waals surface area contributed by atoms with Gasteiger partial charge in [-0.2, -0.15) is 0 Å². The van der Waals surface area contributed by atoms with E-state index >= 15 is 0 Å². The summed E-state index contributed by atoms with van der Waals surface area (Å²) >= 11 is 4.55. The third-order valence-electron chi connectivity index (χ3n) is 3.57. The maximum atomic E-state index is 12.3. The van der Waals surface area contributed by atoms with Gasteiger partial charge in [0.15, 0.2) is 5.13 Å².